The molecule has 1 aromatic carbocycles. The first-order valence-corrected chi connectivity index (χ1v) is 8.75. The SMILES string of the molecule is CCCCN(C)C1CCC(=O)N(Cc2ccc(OC)cc2)CC1. The molecule has 0 saturated carbocycles. The van der Waals surface area contributed by atoms with E-state index in [1.165, 1.54) is 12.8 Å². The minimum absolute atomic E-state index is 0.284. The summed E-state index contributed by atoms with van der Waals surface area (Å²) in [5.41, 5.74) is 1.16. The lowest BCUT2D eigenvalue weighted by atomic mass is 10.1. The summed E-state index contributed by atoms with van der Waals surface area (Å²) in [5.74, 6) is 1.14. The number of rotatable bonds is 7. The van der Waals surface area contributed by atoms with Crippen molar-refractivity contribution in [3.05, 3.63) is 29.8 Å². The van der Waals surface area contributed by atoms with Crippen LogP contribution in [0.3, 0.4) is 0 Å². The van der Waals surface area contributed by atoms with Gasteiger partial charge in [-0.3, -0.25) is 4.79 Å². The Morgan fingerprint density at radius 3 is 2.65 bits per heavy atom. The number of amides is 1. The van der Waals surface area contributed by atoms with Crippen molar-refractivity contribution in [2.24, 2.45) is 0 Å². The number of hydrogen-bond acceptors (Lipinski definition) is 3. The van der Waals surface area contributed by atoms with Crippen molar-refractivity contribution in [1.82, 2.24) is 9.80 Å². The molecule has 0 spiro atoms. The fourth-order valence-corrected chi connectivity index (χ4v) is 3.17. The fraction of sp³-hybridized carbons (Fsp3) is 0.632. The van der Waals surface area contributed by atoms with Crippen LogP contribution < -0.4 is 4.74 Å². The molecule has 1 unspecified atom stereocenters. The Kier molecular flexibility index (Phi) is 6.90. The minimum Gasteiger partial charge on any atom is -0.497 e. The van der Waals surface area contributed by atoms with E-state index in [9.17, 15) is 4.79 Å². The summed E-state index contributed by atoms with van der Waals surface area (Å²) in [7, 11) is 3.87. The Balaban J connectivity index is 1.91. The monoisotopic (exact) mass is 318 g/mol. The highest BCUT2D eigenvalue weighted by atomic mass is 16.5. The van der Waals surface area contributed by atoms with Crippen LogP contribution in [0.25, 0.3) is 0 Å². The van der Waals surface area contributed by atoms with Gasteiger partial charge in [-0.1, -0.05) is 25.5 Å². The van der Waals surface area contributed by atoms with Crippen LogP contribution in [0.5, 0.6) is 5.75 Å². The molecule has 1 atom stereocenters. The molecule has 23 heavy (non-hydrogen) atoms. The van der Waals surface area contributed by atoms with Crippen LogP contribution in [0.1, 0.15) is 44.6 Å². The maximum absolute atomic E-state index is 12.4. The summed E-state index contributed by atoms with van der Waals surface area (Å²) in [5, 5.41) is 0. The molecule has 1 aliphatic heterocycles. The normalized spacial score (nSPS) is 19.0. The molecule has 1 heterocycles. The van der Waals surface area contributed by atoms with Crippen LogP contribution in [-0.2, 0) is 11.3 Å². The van der Waals surface area contributed by atoms with Crippen molar-refractivity contribution in [1.29, 1.82) is 0 Å². The van der Waals surface area contributed by atoms with Gasteiger partial charge in [0.15, 0.2) is 0 Å². The number of carbonyl (C=O) groups is 1. The first-order valence-electron chi connectivity index (χ1n) is 8.75. The van der Waals surface area contributed by atoms with E-state index in [0.29, 0.717) is 19.0 Å². The Morgan fingerprint density at radius 2 is 2.00 bits per heavy atom. The zero-order chi connectivity index (χ0) is 16.7. The van der Waals surface area contributed by atoms with E-state index in [-0.39, 0.29) is 5.91 Å². The van der Waals surface area contributed by atoms with Crippen molar-refractivity contribution in [3.63, 3.8) is 0 Å². The van der Waals surface area contributed by atoms with Gasteiger partial charge in [-0.25, -0.2) is 0 Å². The predicted octanol–water partition coefficient (Wildman–Crippen LogP) is 3.31. The first-order chi connectivity index (χ1) is 11.1. The lowest BCUT2D eigenvalue weighted by Gasteiger charge is -2.27. The Bertz CT molecular complexity index is 487. The first kappa shape index (κ1) is 17.8. The number of nitrogens with zero attached hydrogens (tertiary/aromatic N) is 2. The van der Waals surface area contributed by atoms with Crippen molar-refractivity contribution in [3.8, 4) is 5.75 Å². The lowest BCUT2D eigenvalue weighted by Crippen LogP contribution is -2.34. The second-order valence-electron chi connectivity index (χ2n) is 6.48. The number of carbonyl (C=O) groups excluding carboxylic acids is 1. The van der Waals surface area contributed by atoms with Crippen molar-refractivity contribution in [2.45, 2.75) is 51.6 Å². The van der Waals surface area contributed by atoms with Gasteiger partial charge in [0.05, 0.1) is 7.11 Å². The quantitative estimate of drug-likeness (QED) is 0.773. The lowest BCUT2D eigenvalue weighted by molar-refractivity contribution is -0.131. The fourth-order valence-electron chi connectivity index (χ4n) is 3.17. The topological polar surface area (TPSA) is 32.8 Å². The minimum atomic E-state index is 0.284. The number of ether oxygens (including phenoxy) is 1. The van der Waals surface area contributed by atoms with Gasteiger partial charge in [0.25, 0.3) is 0 Å². The third kappa shape index (κ3) is 5.24. The molecule has 4 heteroatoms. The summed E-state index contributed by atoms with van der Waals surface area (Å²) < 4.78 is 5.19. The van der Waals surface area contributed by atoms with Crippen LogP contribution in [0.2, 0.25) is 0 Å². The molecular formula is C19H30N2O2. The highest BCUT2D eigenvalue weighted by molar-refractivity contribution is 5.76. The molecule has 0 radical (unpaired) electrons. The van der Waals surface area contributed by atoms with E-state index in [0.717, 1.165) is 37.2 Å². The Labute approximate surface area is 140 Å². The van der Waals surface area contributed by atoms with Gasteiger partial charge in [0, 0.05) is 25.6 Å². The maximum atomic E-state index is 12.4. The molecule has 0 aromatic heterocycles. The zero-order valence-corrected chi connectivity index (χ0v) is 14.8. The van der Waals surface area contributed by atoms with Gasteiger partial charge in [-0.05, 0) is 50.6 Å². The number of likely N-dealkylation sites (tertiary alicyclic amines) is 1. The largest absolute Gasteiger partial charge is 0.497 e. The average Bonchev–Trinajstić information content (AvgIpc) is 2.76. The second kappa shape index (κ2) is 8.92. The maximum Gasteiger partial charge on any atom is 0.222 e. The van der Waals surface area contributed by atoms with E-state index in [4.69, 9.17) is 4.74 Å². The van der Waals surface area contributed by atoms with Gasteiger partial charge in [0.1, 0.15) is 5.75 Å². The van der Waals surface area contributed by atoms with Gasteiger partial charge in [-0.15, -0.1) is 0 Å². The van der Waals surface area contributed by atoms with Crippen LogP contribution in [0, 0.1) is 0 Å². The molecule has 0 bridgehead atoms. The molecule has 0 aliphatic carbocycles. The van der Waals surface area contributed by atoms with Gasteiger partial charge in [-0.2, -0.15) is 0 Å². The summed E-state index contributed by atoms with van der Waals surface area (Å²) in [6.07, 6.45) is 5.17. The molecule has 2 rings (SSSR count). The average molecular weight is 318 g/mol. The summed E-state index contributed by atoms with van der Waals surface area (Å²) >= 11 is 0. The number of benzene rings is 1. The molecule has 1 aliphatic rings. The van der Waals surface area contributed by atoms with Crippen LogP contribution >= 0.6 is 0 Å². The van der Waals surface area contributed by atoms with Gasteiger partial charge in [0.2, 0.25) is 5.91 Å². The predicted molar refractivity (Wildman–Crippen MR) is 93.6 cm³/mol. The van der Waals surface area contributed by atoms with Gasteiger partial charge >= 0.3 is 0 Å². The summed E-state index contributed by atoms with van der Waals surface area (Å²) in [4.78, 5) is 16.9. The van der Waals surface area contributed by atoms with E-state index in [1.807, 2.05) is 29.2 Å². The van der Waals surface area contributed by atoms with Crippen molar-refractivity contribution >= 4 is 5.91 Å². The zero-order valence-electron chi connectivity index (χ0n) is 14.8. The smallest absolute Gasteiger partial charge is 0.222 e. The third-order valence-electron chi connectivity index (χ3n) is 4.80. The Morgan fingerprint density at radius 1 is 1.26 bits per heavy atom. The number of unbranched alkanes of at least 4 members (excludes halogenated alkanes) is 1. The number of hydrogen-bond donors (Lipinski definition) is 0. The Hall–Kier alpha value is -1.55. The third-order valence-corrected chi connectivity index (χ3v) is 4.80. The number of methoxy groups -OCH3 is 1. The highest BCUT2D eigenvalue weighted by Gasteiger charge is 2.24. The second-order valence-corrected chi connectivity index (χ2v) is 6.48. The summed E-state index contributed by atoms with van der Waals surface area (Å²) in [6, 6.07) is 8.54. The molecule has 1 saturated heterocycles. The molecule has 4 nitrogen and oxygen atoms in total. The van der Waals surface area contributed by atoms with E-state index >= 15 is 0 Å². The van der Waals surface area contributed by atoms with Crippen molar-refractivity contribution < 1.29 is 9.53 Å². The van der Waals surface area contributed by atoms with E-state index in [2.05, 4.69) is 18.9 Å². The van der Waals surface area contributed by atoms with Crippen LogP contribution in [0.15, 0.2) is 24.3 Å². The van der Waals surface area contributed by atoms with Crippen LogP contribution in [0.4, 0.5) is 0 Å². The van der Waals surface area contributed by atoms with E-state index in [1.54, 1.807) is 7.11 Å². The van der Waals surface area contributed by atoms with Crippen molar-refractivity contribution in [2.75, 3.05) is 27.2 Å². The summed E-state index contributed by atoms with van der Waals surface area (Å²) in [6.45, 7) is 4.91. The molecular weight excluding hydrogens is 288 g/mol. The van der Waals surface area contributed by atoms with Gasteiger partial charge < -0.3 is 14.5 Å². The standard InChI is InChI=1S/C19H30N2O2/c1-4-5-13-20(2)17-8-11-19(22)21(14-12-17)15-16-6-9-18(23-3)10-7-16/h6-7,9-10,17H,4-5,8,11-15H2,1-3H3. The van der Waals surface area contributed by atoms with E-state index < -0.39 is 0 Å². The highest BCUT2D eigenvalue weighted by Crippen LogP contribution is 2.20. The molecule has 128 valence electrons. The van der Waals surface area contributed by atoms with Crippen LogP contribution in [-0.4, -0.2) is 49.0 Å². The molecule has 1 amide bonds. The molecule has 1 aromatic rings. The molecule has 1 fully saturated rings. The molecule has 0 N–H and O–H groups in total.